The van der Waals surface area contributed by atoms with E-state index in [4.69, 9.17) is 10.5 Å². The van der Waals surface area contributed by atoms with Crippen molar-refractivity contribution in [2.24, 2.45) is 23.5 Å². The van der Waals surface area contributed by atoms with Gasteiger partial charge in [0.05, 0.1) is 7.11 Å². The van der Waals surface area contributed by atoms with Crippen LogP contribution in [0.5, 0.6) is 5.75 Å². The van der Waals surface area contributed by atoms with Crippen molar-refractivity contribution in [2.45, 2.75) is 25.2 Å². The van der Waals surface area contributed by atoms with Gasteiger partial charge in [-0.05, 0) is 42.7 Å². The monoisotopic (exact) mass is 245 g/mol. The minimum absolute atomic E-state index is 0.0000463. The molecule has 1 aromatic rings. The summed E-state index contributed by atoms with van der Waals surface area (Å²) in [6.07, 6.45) is 3.53. The lowest BCUT2D eigenvalue weighted by molar-refractivity contribution is -0.123. The lowest BCUT2D eigenvalue weighted by Gasteiger charge is -2.30. The van der Waals surface area contributed by atoms with E-state index in [0.29, 0.717) is 11.8 Å². The summed E-state index contributed by atoms with van der Waals surface area (Å²) >= 11 is 0. The molecule has 0 spiro atoms. The topological polar surface area (TPSA) is 52.3 Å². The van der Waals surface area contributed by atoms with Crippen LogP contribution in [0, 0.1) is 17.8 Å². The van der Waals surface area contributed by atoms with Gasteiger partial charge < -0.3 is 10.5 Å². The number of hydrogen-bond acceptors (Lipinski definition) is 2. The van der Waals surface area contributed by atoms with E-state index in [1.165, 1.54) is 6.42 Å². The first-order valence-corrected chi connectivity index (χ1v) is 6.64. The fourth-order valence-electron chi connectivity index (χ4n) is 4.09. The molecule has 2 N–H and O–H groups in total. The molecule has 3 nitrogen and oxygen atoms in total. The molecule has 0 aromatic heterocycles. The summed E-state index contributed by atoms with van der Waals surface area (Å²) in [5, 5.41) is 0. The van der Waals surface area contributed by atoms with Gasteiger partial charge in [0.2, 0.25) is 5.91 Å². The van der Waals surface area contributed by atoms with E-state index in [-0.39, 0.29) is 17.7 Å². The number of carbonyl (C=O) groups excluding carboxylic acids is 1. The molecule has 96 valence electrons. The minimum atomic E-state index is -0.141. The summed E-state index contributed by atoms with van der Waals surface area (Å²) in [5.74, 6) is 2.10. The van der Waals surface area contributed by atoms with Crippen molar-refractivity contribution in [3.63, 3.8) is 0 Å². The number of amides is 1. The Morgan fingerprint density at radius 1 is 1.28 bits per heavy atom. The van der Waals surface area contributed by atoms with Crippen molar-refractivity contribution < 1.29 is 9.53 Å². The van der Waals surface area contributed by atoms with Gasteiger partial charge in [-0.1, -0.05) is 18.2 Å². The van der Waals surface area contributed by atoms with Crippen LogP contribution in [0.1, 0.15) is 30.7 Å². The number of hydrogen-bond donors (Lipinski definition) is 1. The van der Waals surface area contributed by atoms with Crippen LogP contribution in [-0.2, 0) is 4.79 Å². The second-order valence-electron chi connectivity index (χ2n) is 5.53. The highest BCUT2D eigenvalue weighted by Gasteiger charge is 2.51. The largest absolute Gasteiger partial charge is 0.496 e. The molecule has 0 heterocycles. The van der Waals surface area contributed by atoms with Crippen LogP contribution in [0.25, 0.3) is 0 Å². The number of carbonyl (C=O) groups is 1. The lowest BCUT2D eigenvalue weighted by atomic mass is 9.75. The fraction of sp³-hybridized carbons (Fsp3) is 0.533. The Labute approximate surface area is 107 Å². The van der Waals surface area contributed by atoms with Crippen molar-refractivity contribution in [3.8, 4) is 5.75 Å². The first-order valence-electron chi connectivity index (χ1n) is 6.64. The van der Waals surface area contributed by atoms with Crippen molar-refractivity contribution in [3.05, 3.63) is 29.8 Å². The zero-order chi connectivity index (χ0) is 12.7. The van der Waals surface area contributed by atoms with E-state index < -0.39 is 0 Å². The van der Waals surface area contributed by atoms with Crippen molar-refractivity contribution in [1.29, 1.82) is 0 Å². The van der Waals surface area contributed by atoms with Gasteiger partial charge in [0.15, 0.2) is 0 Å². The van der Waals surface area contributed by atoms with Crippen molar-refractivity contribution in [1.82, 2.24) is 0 Å². The number of methoxy groups -OCH3 is 1. The molecule has 0 saturated heterocycles. The first kappa shape index (κ1) is 11.6. The molecule has 2 fully saturated rings. The van der Waals surface area contributed by atoms with Crippen LogP contribution in [0.4, 0.5) is 0 Å². The summed E-state index contributed by atoms with van der Waals surface area (Å²) in [7, 11) is 1.69. The smallest absolute Gasteiger partial charge is 0.221 e. The summed E-state index contributed by atoms with van der Waals surface area (Å²) in [6.45, 7) is 0. The van der Waals surface area contributed by atoms with E-state index in [9.17, 15) is 4.79 Å². The molecule has 0 radical (unpaired) electrons. The number of benzene rings is 1. The van der Waals surface area contributed by atoms with Crippen molar-refractivity contribution >= 4 is 5.91 Å². The molecule has 4 atom stereocenters. The molecule has 0 unspecified atom stereocenters. The number of nitrogens with two attached hydrogens (primary N) is 1. The van der Waals surface area contributed by atoms with Crippen LogP contribution < -0.4 is 10.5 Å². The number of primary amides is 1. The van der Waals surface area contributed by atoms with E-state index >= 15 is 0 Å². The fourth-order valence-corrected chi connectivity index (χ4v) is 4.09. The highest BCUT2D eigenvalue weighted by Crippen LogP contribution is 2.57. The van der Waals surface area contributed by atoms with Crippen LogP contribution in [0.15, 0.2) is 24.3 Å². The molecule has 1 aromatic carbocycles. The Bertz CT molecular complexity index is 471. The second kappa shape index (κ2) is 4.30. The molecule has 2 saturated carbocycles. The van der Waals surface area contributed by atoms with E-state index in [1.807, 2.05) is 18.2 Å². The van der Waals surface area contributed by atoms with Gasteiger partial charge in [0.25, 0.3) is 0 Å². The first-order chi connectivity index (χ1) is 8.72. The Hall–Kier alpha value is -1.51. The average Bonchev–Trinajstić information content (AvgIpc) is 2.98. The standard InChI is InChI=1S/C15H19NO2/c1-18-12-5-3-2-4-11(12)13-9-6-7-10(8-9)14(13)15(16)17/h2-5,9-10,13-14H,6-8H2,1H3,(H2,16,17)/t9-,10+,13-,14+/m0/s1. The third-order valence-electron chi connectivity index (χ3n) is 4.74. The van der Waals surface area contributed by atoms with Gasteiger partial charge in [-0.15, -0.1) is 0 Å². The maximum atomic E-state index is 11.8. The number of para-hydroxylation sites is 1. The minimum Gasteiger partial charge on any atom is -0.496 e. The zero-order valence-corrected chi connectivity index (χ0v) is 10.6. The summed E-state index contributed by atoms with van der Waals surface area (Å²) in [4.78, 5) is 11.8. The van der Waals surface area contributed by atoms with E-state index in [0.717, 1.165) is 24.2 Å². The molecule has 0 aliphatic heterocycles. The molecule has 18 heavy (non-hydrogen) atoms. The van der Waals surface area contributed by atoms with Gasteiger partial charge >= 0.3 is 0 Å². The van der Waals surface area contributed by atoms with Gasteiger partial charge in [-0.25, -0.2) is 0 Å². The number of rotatable bonds is 3. The molecule has 2 aliphatic rings. The lowest BCUT2D eigenvalue weighted by Crippen LogP contribution is -2.33. The predicted molar refractivity (Wildman–Crippen MR) is 69.3 cm³/mol. The quantitative estimate of drug-likeness (QED) is 0.888. The molecule has 2 aliphatic carbocycles. The Morgan fingerprint density at radius 3 is 2.72 bits per heavy atom. The van der Waals surface area contributed by atoms with Gasteiger partial charge in [-0.3, -0.25) is 4.79 Å². The second-order valence-corrected chi connectivity index (χ2v) is 5.53. The molecule has 3 rings (SSSR count). The van der Waals surface area contributed by atoms with Crippen molar-refractivity contribution in [2.75, 3.05) is 7.11 Å². The van der Waals surface area contributed by atoms with Gasteiger partial charge in [0, 0.05) is 11.8 Å². The third kappa shape index (κ3) is 1.61. The van der Waals surface area contributed by atoms with Crippen LogP contribution in [0.3, 0.4) is 0 Å². The van der Waals surface area contributed by atoms with E-state index in [1.54, 1.807) is 7.11 Å². The Balaban J connectivity index is 2.02. The van der Waals surface area contributed by atoms with Crippen LogP contribution in [-0.4, -0.2) is 13.0 Å². The molecule has 1 amide bonds. The molecule has 2 bridgehead atoms. The normalized spacial score (nSPS) is 33.6. The molecule has 3 heteroatoms. The van der Waals surface area contributed by atoms with Gasteiger partial charge in [0.1, 0.15) is 5.75 Å². The SMILES string of the molecule is COc1ccccc1[C@@H]1[C@H]2CC[C@H](C2)[C@H]1C(N)=O. The van der Waals surface area contributed by atoms with E-state index in [2.05, 4.69) is 6.07 Å². The maximum Gasteiger partial charge on any atom is 0.221 e. The summed E-state index contributed by atoms with van der Waals surface area (Å²) in [5.41, 5.74) is 6.79. The zero-order valence-electron chi connectivity index (χ0n) is 10.6. The maximum absolute atomic E-state index is 11.8. The van der Waals surface area contributed by atoms with Crippen LogP contribution >= 0.6 is 0 Å². The highest BCUT2D eigenvalue weighted by atomic mass is 16.5. The van der Waals surface area contributed by atoms with Crippen LogP contribution in [0.2, 0.25) is 0 Å². The predicted octanol–water partition coefficient (Wildman–Crippen LogP) is 2.31. The summed E-state index contributed by atoms with van der Waals surface area (Å²) < 4.78 is 5.44. The number of ether oxygens (including phenoxy) is 1. The molecular formula is C15H19NO2. The molecular weight excluding hydrogens is 226 g/mol. The highest BCUT2D eigenvalue weighted by molar-refractivity contribution is 5.79. The van der Waals surface area contributed by atoms with Gasteiger partial charge in [-0.2, -0.15) is 0 Å². The Kier molecular flexibility index (Phi) is 2.77. The Morgan fingerprint density at radius 2 is 2.00 bits per heavy atom. The third-order valence-corrected chi connectivity index (χ3v) is 4.74. The number of fused-ring (bicyclic) bond motifs is 2. The average molecular weight is 245 g/mol. The summed E-state index contributed by atoms with van der Waals surface area (Å²) in [6, 6.07) is 8.04.